The third kappa shape index (κ3) is 2.52. The van der Waals surface area contributed by atoms with Gasteiger partial charge in [-0.05, 0) is 17.7 Å². The highest BCUT2D eigenvalue weighted by molar-refractivity contribution is 6.02. The van der Waals surface area contributed by atoms with Crippen LogP contribution in [-0.2, 0) is 0 Å². The lowest BCUT2D eigenvalue weighted by Gasteiger charge is -2.14. The quantitative estimate of drug-likeness (QED) is 0.770. The molecule has 2 N–H and O–H groups in total. The molecule has 0 spiro atoms. The number of methoxy groups -OCH3 is 3. The van der Waals surface area contributed by atoms with E-state index in [-0.39, 0.29) is 22.6 Å². The van der Waals surface area contributed by atoms with Crippen molar-refractivity contribution in [2.45, 2.75) is 0 Å². The van der Waals surface area contributed by atoms with Crippen molar-refractivity contribution in [3.8, 4) is 34.1 Å². The summed E-state index contributed by atoms with van der Waals surface area (Å²) in [5, 5.41) is 11.0. The summed E-state index contributed by atoms with van der Waals surface area (Å²) in [5.41, 5.74) is 1.38. The molecule has 2 aromatic carbocycles. The molecule has 0 saturated heterocycles. The molecule has 0 fully saturated rings. The number of H-pyrrole nitrogens is 1. The molecule has 0 radical (unpaired) electrons. The Bertz CT molecular complexity index is 944. The van der Waals surface area contributed by atoms with Crippen molar-refractivity contribution < 1.29 is 19.3 Å². The molecule has 24 heavy (non-hydrogen) atoms. The number of aromatic nitrogens is 1. The van der Waals surface area contributed by atoms with Crippen molar-refractivity contribution in [2.75, 3.05) is 21.3 Å². The second-order valence-corrected chi connectivity index (χ2v) is 5.16. The van der Waals surface area contributed by atoms with E-state index in [1.54, 1.807) is 25.3 Å². The molecule has 0 atom stereocenters. The first-order valence-corrected chi connectivity index (χ1v) is 7.24. The number of aromatic amines is 1. The van der Waals surface area contributed by atoms with Crippen molar-refractivity contribution in [3.63, 3.8) is 0 Å². The summed E-state index contributed by atoms with van der Waals surface area (Å²) in [6.45, 7) is 0. The van der Waals surface area contributed by atoms with Crippen LogP contribution in [0.1, 0.15) is 0 Å². The van der Waals surface area contributed by atoms with E-state index in [9.17, 15) is 9.90 Å². The first kappa shape index (κ1) is 15.7. The molecule has 1 heterocycles. The topological polar surface area (TPSA) is 80.8 Å². The smallest absolute Gasteiger partial charge is 0.249 e. The number of nitrogens with one attached hydrogen (secondary N) is 1. The van der Waals surface area contributed by atoms with Gasteiger partial charge in [-0.25, -0.2) is 0 Å². The van der Waals surface area contributed by atoms with Gasteiger partial charge in [-0.15, -0.1) is 0 Å². The zero-order chi connectivity index (χ0) is 17.3. The van der Waals surface area contributed by atoms with Gasteiger partial charge in [-0.3, -0.25) is 4.79 Å². The fourth-order valence-electron chi connectivity index (χ4n) is 2.69. The summed E-state index contributed by atoms with van der Waals surface area (Å²) in [6.07, 6.45) is 0. The van der Waals surface area contributed by atoms with Crippen LogP contribution < -0.4 is 19.8 Å². The van der Waals surface area contributed by atoms with E-state index in [4.69, 9.17) is 14.2 Å². The van der Waals surface area contributed by atoms with E-state index in [0.29, 0.717) is 22.4 Å². The minimum atomic E-state index is -0.334. The standard InChI is InChI=1S/C18H17NO5/c1-22-11-6-4-10(5-7-11)12-8-15(20)19-17-16(12)13(23-2)9-14(24-3)18(17)21/h4-9,21H,1-3H3,(H,19,20). The monoisotopic (exact) mass is 327 g/mol. The van der Waals surface area contributed by atoms with E-state index < -0.39 is 0 Å². The van der Waals surface area contributed by atoms with Crippen LogP contribution >= 0.6 is 0 Å². The Labute approximate surface area is 138 Å². The number of benzene rings is 2. The summed E-state index contributed by atoms with van der Waals surface area (Å²) in [6, 6.07) is 10.3. The maximum Gasteiger partial charge on any atom is 0.249 e. The number of hydrogen-bond donors (Lipinski definition) is 2. The number of aromatic hydroxyl groups is 1. The van der Waals surface area contributed by atoms with Gasteiger partial charge in [0.15, 0.2) is 11.5 Å². The van der Waals surface area contributed by atoms with Gasteiger partial charge in [0.05, 0.1) is 32.2 Å². The summed E-state index contributed by atoms with van der Waals surface area (Å²) in [7, 11) is 4.55. The van der Waals surface area contributed by atoms with Crippen LogP contribution in [0.3, 0.4) is 0 Å². The van der Waals surface area contributed by atoms with E-state index in [1.807, 2.05) is 12.1 Å². The Morgan fingerprint density at radius 2 is 1.58 bits per heavy atom. The van der Waals surface area contributed by atoms with Crippen molar-refractivity contribution in [2.24, 2.45) is 0 Å². The summed E-state index contributed by atoms with van der Waals surface area (Å²) >= 11 is 0. The number of phenols is 1. The zero-order valence-electron chi connectivity index (χ0n) is 13.5. The Morgan fingerprint density at radius 1 is 0.917 bits per heavy atom. The molecule has 0 aliphatic heterocycles. The first-order valence-electron chi connectivity index (χ1n) is 7.24. The second-order valence-electron chi connectivity index (χ2n) is 5.16. The molecule has 0 aliphatic rings. The Balaban J connectivity index is 2.38. The molecule has 1 aromatic heterocycles. The fraction of sp³-hybridized carbons (Fsp3) is 0.167. The zero-order valence-corrected chi connectivity index (χ0v) is 13.5. The minimum Gasteiger partial charge on any atom is -0.503 e. The average Bonchev–Trinajstić information content (AvgIpc) is 2.62. The lowest BCUT2D eigenvalue weighted by molar-refractivity contribution is 0.368. The van der Waals surface area contributed by atoms with Crippen LogP contribution in [-0.4, -0.2) is 31.4 Å². The number of ether oxygens (including phenoxy) is 3. The molecule has 0 unspecified atom stereocenters. The molecular weight excluding hydrogens is 310 g/mol. The van der Waals surface area contributed by atoms with Gasteiger partial charge in [0.2, 0.25) is 5.56 Å². The maximum atomic E-state index is 12.1. The number of pyridine rings is 1. The van der Waals surface area contributed by atoms with Crippen LogP contribution in [0.15, 0.2) is 41.2 Å². The van der Waals surface area contributed by atoms with Crippen LogP contribution in [0.2, 0.25) is 0 Å². The maximum absolute atomic E-state index is 12.1. The molecule has 0 amide bonds. The van der Waals surface area contributed by atoms with Crippen LogP contribution in [0, 0.1) is 0 Å². The minimum absolute atomic E-state index is 0.138. The van der Waals surface area contributed by atoms with Crippen molar-refractivity contribution in [3.05, 3.63) is 46.8 Å². The van der Waals surface area contributed by atoms with Crippen molar-refractivity contribution in [1.82, 2.24) is 4.98 Å². The van der Waals surface area contributed by atoms with E-state index in [1.165, 1.54) is 20.3 Å². The third-order valence-corrected chi connectivity index (χ3v) is 3.86. The Hall–Kier alpha value is -3.15. The lowest BCUT2D eigenvalue weighted by Crippen LogP contribution is -2.06. The molecular formula is C18H17NO5. The van der Waals surface area contributed by atoms with Crippen LogP contribution in [0.4, 0.5) is 0 Å². The predicted octanol–water partition coefficient (Wildman–Crippen LogP) is 2.93. The lowest BCUT2D eigenvalue weighted by atomic mass is 9.99. The van der Waals surface area contributed by atoms with Gasteiger partial charge in [0.25, 0.3) is 0 Å². The first-order chi connectivity index (χ1) is 11.6. The number of rotatable bonds is 4. The molecule has 0 bridgehead atoms. The highest BCUT2D eigenvalue weighted by Crippen LogP contribution is 2.43. The Morgan fingerprint density at radius 3 is 2.17 bits per heavy atom. The largest absolute Gasteiger partial charge is 0.503 e. The predicted molar refractivity (Wildman–Crippen MR) is 91.3 cm³/mol. The van der Waals surface area contributed by atoms with Crippen LogP contribution in [0.25, 0.3) is 22.0 Å². The Kier molecular flexibility index (Phi) is 4.04. The van der Waals surface area contributed by atoms with Gasteiger partial charge in [0.1, 0.15) is 11.5 Å². The number of hydrogen-bond acceptors (Lipinski definition) is 5. The molecule has 3 aromatic rings. The van der Waals surface area contributed by atoms with E-state index in [0.717, 1.165) is 5.56 Å². The average molecular weight is 327 g/mol. The van der Waals surface area contributed by atoms with Gasteiger partial charge >= 0.3 is 0 Å². The fourth-order valence-corrected chi connectivity index (χ4v) is 2.69. The second kappa shape index (κ2) is 6.16. The molecule has 124 valence electrons. The summed E-state index contributed by atoms with van der Waals surface area (Å²) in [4.78, 5) is 14.7. The number of phenolic OH excluding ortho intramolecular Hbond substituents is 1. The SMILES string of the molecule is COc1ccc(-c2cc(=O)[nH]c3c(O)c(OC)cc(OC)c23)cc1. The van der Waals surface area contributed by atoms with Crippen molar-refractivity contribution >= 4 is 10.9 Å². The van der Waals surface area contributed by atoms with E-state index >= 15 is 0 Å². The highest BCUT2D eigenvalue weighted by Gasteiger charge is 2.18. The van der Waals surface area contributed by atoms with Gasteiger partial charge in [0, 0.05) is 17.7 Å². The molecule has 6 nitrogen and oxygen atoms in total. The normalized spacial score (nSPS) is 10.6. The number of fused-ring (bicyclic) bond motifs is 1. The molecule has 6 heteroatoms. The van der Waals surface area contributed by atoms with Gasteiger partial charge < -0.3 is 24.3 Å². The van der Waals surface area contributed by atoms with Gasteiger partial charge in [-0.2, -0.15) is 0 Å². The van der Waals surface area contributed by atoms with Gasteiger partial charge in [-0.1, -0.05) is 12.1 Å². The van der Waals surface area contributed by atoms with Crippen LogP contribution in [0.5, 0.6) is 23.0 Å². The molecule has 0 aliphatic carbocycles. The highest BCUT2D eigenvalue weighted by atomic mass is 16.5. The summed E-state index contributed by atoms with van der Waals surface area (Å²) in [5.74, 6) is 1.29. The molecule has 3 rings (SSSR count). The third-order valence-electron chi connectivity index (χ3n) is 3.86. The molecule has 0 saturated carbocycles. The van der Waals surface area contributed by atoms with Crippen molar-refractivity contribution in [1.29, 1.82) is 0 Å². The summed E-state index contributed by atoms with van der Waals surface area (Å²) < 4.78 is 15.7. The van der Waals surface area contributed by atoms with E-state index in [2.05, 4.69) is 4.98 Å².